The fourth-order valence-electron chi connectivity index (χ4n) is 1.22. The third-order valence-corrected chi connectivity index (χ3v) is 4.93. The molecule has 5 nitrogen and oxygen atoms in total. The van der Waals surface area contributed by atoms with E-state index in [1.165, 1.54) is 0 Å². The van der Waals surface area contributed by atoms with E-state index in [0.29, 0.717) is 11.3 Å². The van der Waals surface area contributed by atoms with Crippen LogP contribution in [0.3, 0.4) is 0 Å². The van der Waals surface area contributed by atoms with Crippen LogP contribution in [0.5, 0.6) is 0 Å². The molecule has 7 heteroatoms. The normalized spacial score (nSPS) is 12.5. The highest BCUT2D eigenvalue weighted by Gasteiger charge is 2.15. The Morgan fingerprint density at radius 1 is 1.00 bits per heavy atom. The van der Waals surface area contributed by atoms with Gasteiger partial charge in [-0.05, 0) is 17.7 Å². The minimum atomic E-state index is -3.40. The third-order valence-electron chi connectivity index (χ3n) is 2.13. The van der Waals surface area contributed by atoms with Crippen LogP contribution < -0.4 is 5.73 Å². The summed E-state index contributed by atoms with van der Waals surface area (Å²) in [5, 5.41) is 0. The molecule has 0 fully saturated rings. The second-order valence-electron chi connectivity index (χ2n) is 3.96. The number of anilines is 1. The maximum Gasteiger partial charge on any atom is 0.155 e. The van der Waals surface area contributed by atoms with Crippen LogP contribution in [0.15, 0.2) is 24.3 Å². The molecule has 0 atom stereocenters. The Morgan fingerprint density at radius 3 is 2.00 bits per heavy atom. The Labute approximate surface area is 101 Å². The highest BCUT2D eigenvalue weighted by molar-refractivity contribution is 7.94. The zero-order chi connectivity index (χ0) is 13.1. The molecule has 0 bridgehead atoms. The van der Waals surface area contributed by atoms with Crippen LogP contribution in [-0.4, -0.2) is 34.6 Å². The van der Waals surface area contributed by atoms with E-state index < -0.39 is 19.7 Å². The summed E-state index contributed by atoms with van der Waals surface area (Å²) in [6.45, 7) is 0. The minimum absolute atomic E-state index is 0.164. The molecular weight excluding hydrogens is 262 g/mol. The molecule has 1 aromatic carbocycles. The van der Waals surface area contributed by atoms with Crippen molar-refractivity contribution in [2.75, 3.05) is 23.5 Å². The van der Waals surface area contributed by atoms with Crippen LogP contribution in [0.4, 0.5) is 5.69 Å². The van der Waals surface area contributed by atoms with Crippen molar-refractivity contribution in [3.63, 3.8) is 0 Å². The summed E-state index contributed by atoms with van der Waals surface area (Å²) >= 11 is 0. The molecule has 0 saturated heterocycles. The van der Waals surface area contributed by atoms with E-state index in [1.807, 2.05) is 0 Å². The van der Waals surface area contributed by atoms with Gasteiger partial charge in [-0.15, -0.1) is 0 Å². The Kier molecular flexibility index (Phi) is 4.16. The van der Waals surface area contributed by atoms with Crippen LogP contribution in [0.25, 0.3) is 0 Å². The van der Waals surface area contributed by atoms with Crippen molar-refractivity contribution in [1.29, 1.82) is 0 Å². The summed E-state index contributed by atoms with van der Waals surface area (Å²) in [5.41, 5.74) is 6.64. The molecule has 0 aliphatic rings. The summed E-state index contributed by atoms with van der Waals surface area (Å²) in [6, 6.07) is 6.46. The van der Waals surface area contributed by atoms with Crippen molar-refractivity contribution in [3.05, 3.63) is 29.8 Å². The number of nitrogens with two attached hydrogens (primary N) is 1. The number of hydrogen-bond acceptors (Lipinski definition) is 5. The Balaban J connectivity index is 2.70. The van der Waals surface area contributed by atoms with Crippen LogP contribution in [0, 0.1) is 0 Å². The molecule has 0 saturated carbocycles. The standard InChI is InChI=1S/C10H15NO4S2/c1-16(12,13)6-7-17(14,15)8-9-2-4-10(11)5-3-9/h2-5H,6-8,11H2,1H3. The van der Waals surface area contributed by atoms with Crippen molar-refractivity contribution < 1.29 is 16.8 Å². The monoisotopic (exact) mass is 277 g/mol. The average Bonchev–Trinajstić information content (AvgIpc) is 2.18. The van der Waals surface area contributed by atoms with Gasteiger partial charge in [0.05, 0.1) is 17.3 Å². The first-order valence-corrected chi connectivity index (χ1v) is 8.79. The molecule has 0 unspecified atom stereocenters. The summed E-state index contributed by atoms with van der Waals surface area (Å²) in [5.74, 6) is -0.858. The molecule has 2 N–H and O–H groups in total. The number of rotatable bonds is 5. The highest BCUT2D eigenvalue weighted by atomic mass is 32.2. The molecule has 1 aromatic rings. The molecule has 96 valence electrons. The number of hydrogen-bond donors (Lipinski definition) is 1. The molecule has 17 heavy (non-hydrogen) atoms. The first-order valence-electron chi connectivity index (χ1n) is 4.90. The first kappa shape index (κ1) is 14.0. The van der Waals surface area contributed by atoms with Crippen LogP contribution in [0.2, 0.25) is 0 Å². The van der Waals surface area contributed by atoms with Gasteiger partial charge in [-0.3, -0.25) is 0 Å². The van der Waals surface area contributed by atoms with Gasteiger partial charge in [-0.25, -0.2) is 16.8 Å². The van der Waals surface area contributed by atoms with E-state index >= 15 is 0 Å². The fraction of sp³-hybridized carbons (Fsp3) is 0.400. The SMILES string of the molecule is CS(=O)(=O)CCS(=O)(=O)Cc1ccc(N)cc1. The molecule has 0 amide bonds. The van der Waals surface area contributed by atoms with E-state index in [-0.39, 0.29) is 17.3 Å². The summed E-state index contributed by atoms with van der Waals surface area (Å²) in [4.78, 5) is 0. The van der Waals surface area contributed by atoms with Gasteiger partial charge in [-0.1, -0.05) is 12.1 Å². The number of nitrogen functional groups attached to an aromatic ring is 1. The van der Waals surface area contributed by atoms with Crippen molar-refractivity contribution in [2.24, 2.45) is 0 Å². The van der Waals surface area contributed by atoms with Crippen LogP contribution in [0.1, 0.15) is 5.56 Å². The lowest BCUT2D eigenvalue weighted by molar-refractivity contribution is 0.589. The maximum atomic E-state index is 11.6. The molecule has 0 heterocycles. The van der Waals surface area contributed by atoms with E-state index in [1.54, 1.807) is 24.3 Å². The lowest BCUT2D eigenvalue weighted by atomic mass is 10.2. The van der Waals surface area contributed by atoms with E-state index in [4.69, 9.17) is 5.73 Å². The molecule has 0 aromatic heterocycles. The largest absolute Gasteiger partial charge is 0.399 e. The van der Waals surface area contributed by atoms with Crippen LogP contribution in [-0.2, 0) is 25.4 Å². The second-order valence-corrected chi connectivity index (χ2v) is 8.41. The van der Waals surface area contributed by atoms with Crippen molar-refractivity contribution in [3.8, 4) is 0 Å². The zero-order valence-corrected chi connectivity index (χ0v) is 11.1. The topological polar surface area (TPSA) is 94.3 Å². The minimum Gasteiger partial charge on any atom is -0.399 e. The Bertz CT molecular complexity index is 573. The maximum absolute atomic E-state index is 11.6. The molecular formula is C10H15NO4S2. The Morgan fingerprint density at radius 2 is 1.53 bits per heavy atom. The summed E-state index contributed by atoms with van der Waals surface area (Å²) < 4.78 is 45.1. The van der Waals surface area contributed by atoms with Gasteiger partial charge < -0.3 is 5.73 Å². The molecule has 1 rings (SSSR count). The lowest BCUT2D eigenvalue weighted by Gasteiger charge is -2.04. The quantitative estimate of drug-likeness (QED) is 0.777. The predicted octanol–water partition coefficient (Wildman–Crippen LogP) is 0.228. The van der Waals surface area contributed by atoms with Crippen LogP contribution >= 0.6 is 0 Å². The number of benzene rings is 1. The van der Waals surface area contributed by atoms with E-state index in [2.05, 4.69) is 0 Å². The second kappa shape index (κ2) is 5.05. The van der Waals surface area contributed by atoms with E-state index in [9.17, 15) is 16.8 Å². The molecule has 0 aliphatic heterocycles. The van der Waals surface area contributed by atoms with Crippen molar-refractivity contribution in [1.82, 2.24) is 0 Å². The smallest absolute Gasteiger partial charge is 0.155 e. The number of sulfone groups is 2. The average molecular weight is 277 g/mol. The van der Waals surface area contributed by atoms with Gasteiger partial charge in [-0.2, -0.15) is 0 Å². The predicted molar refractivity (Wildman–Crippen MR) is 68.1 cm³/mol. The fourth-order valence-corrected chi connectivity index (χ4v) is 4.29. The van der Waals surface area contributed by atoms with E-state index in [0.717, 1.165) is 6.26 Å². The molecule has 0 aliphatic carbocycles. The van der Waals surface area contributed by atoms with Gasteiger partial charge in [0.1, 0.15) is 9.84 Å². The van der Waals surface area contributed by atoms with Crippen molar-refractivity contribution in [2.45, 2.75) is 5.75 Å². The molecule has 0 spiro atoms. The highest BCUT2D eigenvalue weighted by Crippen LogP contribution is 2.10. The van der Waals surface area contributed by atoms with Gasteiger partial charge in [0.15, 0.2) is 9.84 Å². The van der Waals surface area contributed by atoms with Gasteiger partial charge in [0, 0.05) is 11.9 Å². The Hall–Kier alpha value is -1.08. The van der Waals surface area contributed by atoms with Gasteiger partial charge in [0.2, 0.25) is 0 Å². The van der Waals surface area contributed by atoms with Crippen molar-refractivity contribution >= 4 is 25.4 Å². The zero-order valence-electron chi connectivity index (χ0n) is 9.46. The third kappa shape index (κ3) is 5.69. The van der Waals surface area contributed by atoms with Gasteiger partial charge in [0.25, 0.3) is 0 Å². The summed E-state index contributed by atoms with van der Waals surface area (Å²) in [6.07, 6.45) is 1.02. The molecule has 0 radical (unpaired) electrons. The lowest BCUT2D eigenvalue weighted by Crippen LogP contribution is -2.17. The first-order chi connectivity index (χ1) is 7.68. The summed E-state index contributed by atoms with van der Waals surface area (Å²) in [7, 11) is -6.66. The van der Waals surface area contributed by atoms with Gasteiger partial charge >= 0.3 is 0 Å².